The SMILES string of the molecule is O=C(Nc1c(Cl)cc(Br)cc1Cl)c1cc[nH]c(=O)c1. The first-order chi connectivity index (χ1) is 8.97. The highest BCUT2D eigenvalue weighted by molar-refractivity contribution is 9.10. The van der Waals surface area contributed by atoms with E-state index in [0.717, 1.165) is 0 Å². The smallest absolute Gasteiger partial charge is 0.255 e. The van der Waals surface area contributed by atoms with Crippen molar-refractivity contribution in [3.8, 4) is 0 Å². The molecule has 98 valence electrons. The number of halogens is 3. The number of amides is 1. The average molecular weight is 362 g/mol. The molecule has 1 aromatic heterocycles. The molecule has 0 aliphatic rings. The van der Waals surface area contributed by atoms with Crippen LogP contribution in [0.2, 0.25) is 10.0 Å². The van der Waals surface area contributed by atoms with E-state index >= 15 is 0 Å². The number of pyridine rings is 1. The Balaban J connectivity index is 2.32. The van der Waals surface area contributed by atoms with E-state index in [1.807, 2.05) is 0 Å². The Bertz CT molecular complexity index is 677. The van der Waals surface area contributed by atoms with Crippen LogP contribution in [-0.4, -0.2) is 10.9 Å². The summed E-state index contributed by atoms with van der Waals surface area (Å²) in [4.78, 5) is 25.5. The lowest BCUT2D eigenvalue weighted by Crippen LogP contribution is -2.16. The predicted molar refractivity (Wildman–Crippen MR) is 79.2 cm³/mol. The summed E-state index contributed by atoms with van der Waals surface area (Å²) in [5.41, 5.74) is 0.163. The van der Waals surface area contributed by atoms with E-state index in [-0.39, 0.29) is 11.1 Å². The lowest BCUT2D eigenvalue weighted by atomic mass is 10.2. The van der Waals surface area contributed by atoms with Crippen LogP contribution in [-0.2, 0) is 0 Å². The van der Waals surface area contributed by atoms with Gasteiger partial charge < -0.3 is 10.3 Å². The van der Waals surface area contributed by atoms with Crippen molar-refractivity contribution in [2.75, 3.05) is 5.32 Å². The standard InChI is InChI=1S/C12H7BrCl2N2O2/c13-7-4-8(14)11(9(15)5-7)17-12(19)6-1-2-16-10(18)3-6/h1-5H,(H,16,18)(H,17,19). The fourth-order valence-corrected chi connectivity index (χ4v) is 2.74. The number of aromatic amines is 1. The molecule has 1 amide bonds. The number of aromatic nitrogens is 1. The Morgan fingerprint density at radius 3 is 2.42 bits per heavy atom. The number of rotatable bonds is 2. The first kappa shape index (κ1) is 14.1. The summed E-state index contributed by atoms with van der Waals surface area (Å²) < 4.78 is 0.705. The number of nitrogens with one attached hydrogen (secondary N) is 2. The molecule has 2 rings (SSSR count). The molecule has 7 heteroatoms. The Labute approximate surface area is 126 Å². The van der Waals surface area contributed by atoms with Gasteiger partial charge in [-0.15, -0.1) is 0 Å². The highest BCUT2D eigenvalue weighted by atomic mass is 79.9. The molecule has 0 radical (unpaired) electrons. The third-order valence-electron chi connectivity index (χ3n) is 2.28. The minimum atomic E-state index is -0.461. The van der Waals surface area contributed by atoms with Crippen molar-refractivity contribution in [3.05, 3.63) is 60.9 Å². The predicted octanol–water partition coefficient (Wildman–Crippen LogP) is 3.70. The van der Waals surface area contributed by atoms with Gasteiger partial charge in [0.2, 0.25) is 5.56 Å². The van der Waals surface area contributed by atoms with E-state index in [2.05, 4.69) is 26.2 Å². The van der Waals surface area contributed by atoms with Crippen molar-refractivity contribution >= 4 is 50.7 Å². The summed E-state index contributed by atoms with van der Waals surface area (Å²) in [5, 5.41) is 3.18. The van der Waals surface area contributed by atoms with Crippen LogP contribution < -0.4 is 10.9 Å². The molecule has 0 aliphatic heterocycles. The van der Waals surface area contributed by atoms with E-state index in [0.29, 0.717) is 20.2 Å². The molecule has 0 saturated carbocycles. The number of carbonyl (C=O) groups is 1. The lowest BCUT2D eigenvalue weighted by Gasteiger charge is -2.09. The fourth-order valence-electron chi connectivity index (χ4n) is 1.43. The number of H-pyrrole nitrogens is 1. The lowest BCUT2D eigenvalue weighted by molar-refractivity contribution is 0.102. The quantitative estimate of drug-likeness (QED) is 0.856. The zero-order valence-electron chi connectivity index (χ0n) is 9.34. The van der Waals surface area contributed by atoms with Gasteiger partial charge >= 0.3 is 0 Å². The zero-order valence-corrected chi connectivity index (χ0v) is 12.4. The number of anilines is 1. The molecule has 19 heavy (non-hydrogen) atoms. The minimum Gasteiger partial charge on any atom is -0.329 e. The van der Waals surface area contributed by atoms with Crippen LogP contribution in [0.1, 0.15) is 10.4 Å². The summed E-state index contributed by atoms with van der Waals surface area (Å²) in [6.07, 6.45) is 1.39. The van der Waals surface area contributed by atoms with Crippen LogP contribution in [0, 0.1) is 0 Å². The normalized spacial score (nSPS) is 10.3. The first-order valence-corrected chi connectivity index (χ1v) is 6.67. The molecule has 0 aliphatic carbocycles. The van der Waals surface area contributed by atoms with Crippen molar-refractivity contribution in [2.45, 2.75) is 0 Å². The van der Waals surface area contributed by atoms with Gasteiger partial charge in [0.1, 0.15) is 0 Å². The van der Waals surface area contributed by atoms with E-state index in [4.69, 9.17) is 23.2 Å². The van der Waals surface area contributed by atoms with E-state index in [1.54, 1.807) is 12.1 Å². The fraction of sp³-hybridized carbons (Fsp3) is 0. The molecule has 0 bridgehead atoms. The second-order valence-electron chi connectivity index (χ2n) is 3.64. The van der Waals surface area contributed by atoms with Gasteiger partial charge in [-0.1, -0.05) is 39.1 Å². The van der Waals surface area contributed by atoms with E-state index in [1.165, 1.54) is 18.3 Å². The molecule has 0 saturated heterocycles. The third kappa shape index (κ3) is 3.37. The van der Waals surface area contributed by atoms with Crippen LogP contribution >= 0.6 is 39.1 Å². The Kier molecular flexibility index (Phi) is 4.29. The summed E-state index contributed by atoms with van der Waals surface area (Å²) >= 11 is 15.2. The maximum atomic E-state index is 12.0. The zero-order chi connectivity index (χ0) is 14.0. The Morgan fingerprint density at radius 1 is 1.21 bits per heavy atom. The first-order valence-electron chi connectivity index (χ1n) is 5.12. The van der Waals surface area contributed by atoms with Gasteiger partial charge in [-0.3, -0.25) is 9.59 Å². The van der Waals surface area contributed by atoms with Gasteiger partial charge in [0.05, 0.1) is 15.7 Å². The van der Waals surface area contributed by atoms with Gasteiger partial charge in [-0.05, 0) is 18.2 Å². The highest BCUT2D eigenvalue weighted by Gasteiger charge is 2.12. The maximum Gasteiger partial charge on any atom is 0.255 e. The van der Waals surface area contributed by atoms with Crippen LogP contribution in [0.5, 0.6) is 0 Å². The molecule has 2 aromatic rings. The summed E-state index contributed by atoms with van der Waals surface area (Å²) in [6.45, 7) is 0. The molecule has 1 aromatic carbocycles. The van der Waals surface area contributed by atoms with Gasteiger partial charge in [0.15, 0.2) is 0 Å². The van der Waals surface area contributed by atoms with E-state index < -0.39 is 5.91 Å². The number of hydrogen-bond donors (Lipinski definition) is 2. The maximum absolute atomic E-state index is 12.0. The second kappa shape index (κ2) is 5.77. The summed E-state index contributed by atoms with van der Waals surface area (Å²) in [6, 6.07) is 5.90. The molecule has 0 atom stereocenters. The number of hydrogen-bond acceptors (Lipinski definition) is 2. The van der Waals surface area contributed by atoms with Crippen LogP contribution in [0.3, 0.4) is 0 Å². The second-order valence-corrected chi connectivity index (χ2v) is 5.37. The van der Waals surface area contributed by atoms with Gasteiger partial charge in [-0.25, -0.2) is 0 Å². The van der Waals surface area contributed by atoms with Crippen LogP contribution in [0.15, 0.2) is 39.7 Å². The van der Waals surface area contributed by atoms with Gasteiger partial charge in [0, 0.05) is 22.3 Å². The molecular weight excluding hydrogens is 355 g/mol. The molecule has 0 spiro atoms. The average Bonchev–Trinajstić information content (AvgIpc) is 2.33. The van der Waals surface area contributed by atoms with Crippen LogP contribution in [0.4, 0.5) is 5.69 Å². The van der Waals surface area contributed by atoms with Crippen molar-refractivity contribution in [2.24, 2.45) is 0 Å². The Morgan fingerprint density at radius 2 is 1.84 bits per heavy atom. The monoisotopic (exact) mass is 360 g/mol. The van der Waals surface area contributed by atoms with Gasteiger partial charge in [-0.2, -0.15) is 0 Å². The third-order valence-corrected chi connectivity index (χ3v) is 3.34. The molecular formula is C12H7BrCl2N2O2. The van der Waals surface area contributed by atoms with Gasteiger partial charge in [0.25, 0.3) is 5.91 Å². The van der Waals surface area contributed by atoms with E-state index in [9.17, 15) is 9.59 Å². The summed E-state index contributed by atoms with van der Waals surface area (Å²) in [7, 11) is 0. The van der Waals surface area contributed by atoms with Crippen molar-refractivity contribution < 1.29 is 4.79 Å². The van der Waals surface area contributed by atoms with Crippen LogP contribution in [0.25, 0.3) is 0 Å². The number of benzene rings is 1. The van der Waals surface area contributed by atoms with Crippen molar-refractivity contribution in [3.63, 3.8) is 0 Å². The van der Waals surface area contributed by atoms with Crippen molar-refractivity contribution in [1.82, 2.24) is 4.98 Å². The molecule has 4 nitrogen and oxygen atoms in total. The molecule has 1 heterocycles. The largest absolute Gasteiger partial charge is 0.329 e. The highest BCUT2D eigenvalue weighted by Crippen LogP contribution is 2.33. The molecule has 0 fully saturated rings. The topological polar surface area (TPSA) is 62.0 Å². The Hall–Kier alpha value is -1.30. The molecule has 0 unspecified atom stereocenters. The minimum absolute atomic E-state index is 0.221. The molecule has 2 N–H and O–H groups in total. The number of carbonyl (C=O) groups excluding carboxylic acids is 1. The summed E-state index contributed by atoms with van der Waals surface area (Å²) in [5.74, 6) is -0.461. The van der Waals surface area contributed by atoms with Crippen molar-refractivity contribution in [1.29, 1.82) is 0 Å².